The van der Waals surface area contributed by atoms with Gasteiger partial charge in [-0.2, -0.15) is 0 Å². The van der Waals surface area contributed by atoms with Crippen molar-refractivity contribution < 1.29 is 5.11 Å². The predicted molar refractivity (Wildman–Crippen MR) is 118 cm³/mol. The molecule has 4 rings (SSSR count). The molecule has 0 aromatic carbocycles. The highest BCUT2D eigenvalue weighted by Gasteiger charge is 2.60. The van der Waals surface area contributed by atoms with Crippen LogP contribution in [0.2, 0.25) is 0 Å². The van der Waals surface area contributed by atoms with Crippen LogP contribution < -0.4 is 5.73 Å². The number of nitrogens with two attached hydrogens (primary N) is 1. The van der Waals surface area contributed by atoms with Gasteiger partial charge in [0.1, 0.15) is 0 Å². The Morgan fingerprint density at radius 3 is 2.71 bits per heavy atom. The largest absolute Gasteiger partial charge is 0.393 e. The van der Waals surface area contributed by atoms with E-state index in [4.69, 9.17) is 5.73 Å². The third-order valence-electron chi connectivity index (χ3n) is 9.85. The Bertz CT molecular complexity index is 597. The standard InChI is InChI=1S/C26H45NO/c1-17(2)8-11-20(28)15-19-10-13-22-21-12-9-18-7-5-6-14-25(18,3)24(21)23(27)16-26(19,22)4/h9,17,19-24,28H,5-8,10-16,27H2,1-4H3. The molecule has 0 heterocycles. The average Bonchev–Trinajstić information content (AvgIpc) is 2.95. The van der Waals surface area contributed by atoms with Gasteiger partial charge in [0.05, 0.1) is 6.10 Å². The summed E-state index contributed by atoms with van der Waals surface area (Å²) in [6.45, 7) is 9.62. The summed E-state index contributed by atoms with van der Waals surface area (Å²) in [6, 6.07) is 0.339. The van der Waals surface area contributed by atoms with Crippen LogP contribution in [0, 0.1) is 40.4 Å². The molecular weight excluding hydrogens is 342 g/mol. The summed E-state index contributed by atoms with van der Waals surface area (Å²) < 4.78 is 0. The van der Waals surface area contributed by atoms with Crippen LogP contribution in [0.4, 0.5) is 0 Å². The van der Waals surface area contributed by atoms with Gasteiger partial charge in [0.15, 0.2) is 0 Å². The van der Waals surface area contributed by atoms with Crippen molar-refractivity contribution in [2.24, 2.45) is 46.2 Å². The molecule has 0 aliphatic heterocycles. The van der Waals surface area contributed by atoms with Gasteiger partial charge in [-0.25, -0.2) is 0 Å². The van der Waals surface area contributed by atoms with E-state index in [9.17, 15) is 5.11 Å². The SMILES string of the molecule is CC(C)CCC(O)CC1CCC2C3CC=C4CCCCC4(C)C3C(N)CC12C. The van der Waals surface area contributed by atoms with Gasteiger partial charge in [-0.15, -0.1) is 0 Å². The molecule has 0 radical (unpaired) electrons. The summed E-state index contributed by atoms with van der Waals surface area (Å²) >= 11 is 0. The molecule has 0 saturated heterocycles. The number of hydrogen-bond acceptors (Lipinski definition) is 2. The van der Waals surface area contributed by atoms with Crippen molar-refractivity contribution in [3.63, 3.8) is 0 Å². The molecule has 2 nitrogen and oxygen atoms in total. The van der Waals surface area contributed by atoms with Gasteiger partial charge in [-0.1, -0.05) is 45.8 Å². The predicted octanol–water partition coefficient (Wildman–Crippen LogP) is 6.08. The van der Waals surface area contributed by atoms with Crippen molar-refractivity contribution in [3.8, 4) is 0 Å². The zero-order chi connectivity index (χ0) is 20.1. The summed E-state index contributed by atoms with van der Waals surface area (Å²) in [4.78, 5) is 0. The Labute approximate surface area is 173 Å². The average molecular weight is 388 g/mol. The van der Waals surface area contributed by atoms with Crippen LogP contribution in [0.1, 0.15) is 98.3 Å². The van der Waals surface area contributed by atoms with Crippen LogP contribution in [0.15, 0.2) is 11.6 Å². The Morgan fingerprint density at radius 2 is 1.96 bits per heavy atom. The first kappa shape index (κ1) is 20.9. The van der Waals surface area contributed by atoms with E-state index < -0.39 is 0 Å². The molecule has 0 aromatic heterocycles. The molecule has 8 atom stereocenters. The number of rotatable bonds is 5. The maximum Gasteiger partial charge on any atom is 0.0543 e. The molecule has 4 aliphatic rings. The lowest BCUT2D eigenvalue weighted by Gasteiger charge is -2.60. The van der Waals surface area contributed by atoms with E-state index in [1.165, 1.54) is 51.4 Å². The molecule has 0 spiro atoms. The van der Waals surface area contributed by atoms with E-state index in [1.807, 2.05) is 0 Å². The summed E-state index contributed by atoms with van der Waals surface area (Å²) in [7, 11) is 0. The van der Waals surface area contributed by atoms with Crippen LogP contribution in [-0.2, 0) is 0 Å². The van der Waals surface area contributed by atoms with Gasteiger partial charge >= 0.3 is 0 Å². The molecule has 28 heavy (non-hydrogen) atoms. The molecule has 0 amide bonds. The van der Waals surface area contributed by atoms with E-state index in [2.05, 4.69) is 33.8 Å². The summed E-state index contributed by atoms with van der Waals surface area (Å²) in [5.41, 5.74) is 9.49. The van der Waals surface area contributed by atoms with Crippen molar-refractivity contribution in [3.05, 3.63) is 11.6 Å². The fourth-order valence-corrected chi connectivity index (χ4v) is 8.43. The Kier molecular flexibility index (Phi) is 5.77. The van der Waals surface area contributed by atoms with Crippen LogP contribution in [0.25, 0.3) is 0 Å². The topological polar surface area (TPSA) is 46.2 Å². The molecule has 3 saturated carbocycles. The third kappa shape index (κ3) is 3.41. The highest BCUT2D eigenvalue weighted by atomic mass is 16.3. The quantitative estimate of drug-likeness (QED) is 0.562. The maximum atomic E-state index is 10.7. The Hall–Kier alpha value is -0.340. The zero-order valence-corrected chi connectivity index (χ0v) is 18.9. The number of fused-ring (bicyclic) bond motifs is 5. The number of allylic oxidation sites excluding steroid dienone is 2. The van der Waals surface area contributed by atoms with Gasteiger partial charge in [-0.3, -0.25) is 0 Å². The minimum atomic E-state index is -0.120. The van der Waals surface area contributed by atoms with Crippen molar-refractivity contribution in [1.29, 1.82) is 0 Å². The fraction of sp³-hybridized carbons (Fsp3) is 0.923. The molecule has 8 unspecified atom stereocenters. The first-order valence-corrected chi connectivity index (χ1v) is 12.4. The monoisotopic (exact) mass is 387 g/mol. The van der Waals surface area contributed by atoms with E-state index in [0.29, 0.717) is 34.6 Å². The van der Waals surface area contributed by atoms with Gasteiger partial charge in [0.25, 0.3) is 0 Å². The van der Waals surface area contributed by atoms with Crippen molar-refractivity contribution in [2.75, 3.05) is 0 Å². The second-order valence-corrected chi connectivity index (χ2v) is 11.9. The smallest absolute Gasteiger partial charge is 0.0543 e. The lowest BCUT2D eigenvalue weighted by Crippen LogP contribution is -2.58. The lowest BCUT2D eigenvalue weighted by atomic mass is 9.46. The van der Waals surface area contributed by atoms with E-state index in [-0.39, 0.29) is 6.10 Å². The molecule has 160 valence electrons. The minimum Gasteiger partial charge on any atom is -0.393 e. The first-order valence-electron chi connectivity index (χ1n) is 12.4. The number of hydrogen-bond donors (Lipinski definition) is 2. The highest BCUT2D eigenvalue weighted by molar-refractivity contribution is 5.26. The molecule has 0 bridgehead atoms. The van der Waals surface area contributed by atoms with Crippen LogP contribution in [0.3, 0.4) is 0 Å². The molecule has 4 aliphatic carbocycles. The second-order valence-electron chi connectivity index (χ2n) is 11.9. The molecule has 3 fully saturated rings. The summed E-state index contributed by atoms with van der Waals surface area (Å²) in [5, 5.41) is 10.7. The van der Waals surface area contributed by atoms with Crippen LogP contribution in [0.5, 0.6) is 0 Å². The number of aliphatic hydroxyl groups excluding tert-OH is 1. The van der Waals surface area contributed by atoms with Crippen molar-refractivity contribution >= 4 is 0 Å². The highest BCUT2D eigenvalue weighted by Crippen LogP contribution is 2.66. The van der Waals surface area contributed by atoms with Gasteiger partial charge in [0, 0.05) is 6.04 Å². The normalized spacial score (nSPS) is 46.5. The van der Waals surface area contributed by atoms with Crippen LogP contribution >= 0.6 is 0 Å². The van der Waals surface area contributed by atoms with E-state index in [1.54, 1.807) is 5.57 Å². The van der Waals surface area contributed by atoms with Gasteiger partial charge in [0.2, 0.25) is 0 Å². The second kappa shape index (κ2) is 7.73. The molecule has 3 N–H and O–H groups in total. The Morgan fingerprint density at radius 1 is 1.18 bits per heavy atom. The summed E-state index contributed by atoms with van der Waals surface area (Å²) in [6.07, 6.45) is 16.2. The van der Waals surface area contributed by atoms with Gasteiger partial charge < -0.3 is 10.8 Å². The lowest BCUT2D eigenvalue weighted by molar-refractivity contribution is -0.0611. The zero-order valence-electron chi connectivity index (χ0n) is 18.9. The third-order valence-corrected chi connectivity index (χ3v) is 9.85. The Balaban J connectivity index is 1.52. The maximum absolute atomic E-state index is 10.7. The first-order chi connectivity index (χ1) is 13.3. The van der Waals surface area contributed by atoms with Gasteiger partial charge in [-0.05, 0) is 105 Å². The minimum absolute atomic E-state index is 0.120. The van der Waals surface area contributed by atoms with E-state index in [0.717, 1.165) is 31.1 Å². The molecule has 0 aromatic rings. The number of aliphatic hydroxyl groups is 1. The molecule has 2 heteroatoms. The van der Waals surface area contributed by atoms with Crippen molar-refractivity contribution in [1.82, 2.24) is 0 Å². The van der Waals surface area contributed by atoms with E-state index >= 15 is 0 Å². The molecular formula is C26H45NO. The van der Waals surface area contributed by atoms with Crippen LogP contribution in [-0.4, -0.2) is 17.3 Å². The van der Waals surface area contributed by atoms with Crippen molar-refractivity contribution in [2.45, 2.75) is 110 Å². The fourth-order valence-electron chi connectivity index (χ4n) is 8.43. The summed E-state index contributed by atoms with van der Waals surface area (Å²) in [5.74, 6) is 3.63.